The molecular weight excluding hydrogens is 314 g/mol. The molecule has 0 saturated carbocycles. The molecule has 0 spiro atoms. The topological polar surface area (TPSA) is 62.3 Å². The number of nitrogens with zero attached hydrogens (tertiary/aromatic N) is 2. The Bertz CT molecular complexity index is 748. The van der Waals surface area contributed by atoms with E-state index in [1.165, 1.54) is 32.6 Å². The Morgan fingerprint density at radius 3 is 2.44 bits per heavy atom. The number of pyridine rings is 1. The standard InChI is InChI=1S/C20H23N3O2/c1-15(24)16-7-6-8-17(13-16)22-20(25)19-10-9-18(14-21-19)23-11-4-2-3-5-12-23/h6-10,13-14H,2-5,11-12H2,1H3,(H,22,25). The number of amides is 1. The van der Waals surface area contributed by atoms with Gasteiger partial charge < -0.3 is 10.2 Å². The average molecular weight is 337 g/mol. The predicted molar refractivity (Wildman–Crippen MR) is 99.3 cm³/mol. The zero-order valence-electron chi connectivity index (χ0n) is 14.5. The molecule has 0 atom stereocenters. The second-order valence-electron chi connectivity index (χ2n) is 6.39. The molecular formula is C20H23N3O2. The lowest BCUT2D eigenvalue weighted by Gasteiger charge is -2.22. The van der Waals surface area contributed by atoms with Gasteiger partial charge in [-0.1, -0.05) is 25.0 Å². The number of anilines is 2. The number of hydrogen-bond acceptors (Lipinski definition) is 4. The molecule has 5 nitrogen and oxygen atoms in total. The molecule has 1 aromatic carbocycles. The number of carbonyl (C=O) groups is 2. The molecule has 0 bridgehead atoms. The first kappa shape index (κ1) is 17.1. The number of carbonyl (C=O) groups excluding carboxylic acids is 2. The summed E-state index contributed by atoms with van der Waals surface area (Å²) < 4.78 is 0. The van der Waals surface area contributed by atoms with Crippen molar-refractivity contribution in [3.63, 3.8) is 0 Å². The highest BCUT2D eigenvalue weighted by atomic mass is 16.2. The highest BCUT2D eigenvalue weighted by Gasteiger charge is 2.13. The van der Waals surface area contributed by atoms with Crippen LogP contribution in [0.3, 0.4) is 0 Å². The normalized spacial score (nSPS) is 14.7. The lowest BCUT2D eigenvalue weighted by atomic mass is 10.1. The number of aromatic nitrogens is 1. The minimum absolute atomic E-state index is 0.0315. The van der Waals surface area contributed by atoms with E-state index in [1.54, 1.807) is 36.5 Å². The Morgan fingerprint density at radius 2 is 1.80 bits per heavy atom. The van der Waals surface area contributed by atoms with Crippen LogP contribution in [-0.4, -0.2) is 29.8 Å². The van der Waals surface area contributed by atoms with Crippen LogP contribution >= 0.6 is 0 Å². The SMILES string of the molecule is CC(=O)c1cccc(NC(=O)c2ccc(N3CCCCCC3)cn2)c1. The first-order valence-corrected chi connectivity index (χ1v) is 8.77. The molecule has 1 aliphatic heterocycles. The first-order valence-electron chi connectivity index (χ1n) is 8.77. The van der Waals surface area contributed by atoms with Crippen molar-refractivity contribution in [2.45, 2.75) is 32.6 Å². The number of nitrogens with one attached hydrogen (secondary N) is 1. The number of ketones is 1. The van der Waals surface area contributed by atoms with Gasteiger partial charge in [-0.15, -0.1) is 0 Å². The van der Waals surface area contributed by atoms with Crippen molar-refractivity contribution in [2.75, 3.05) is 23.3 Å². The van der Waals surface area contributed by atoms with Crippen LogP contribution in [0.4, 0.5) is 11.4 Å². The maximum absolute atomic E-state index is 12.4. The zero-order valence-corrected chi connectivity index (χ0v) is 14.5. The summed E-state index contributed by atoms with van der Waals surface area (Å²) in [5.41, 5.74) is 2.60. The van der Waals surface area contributed by atoms with Crippen molar-refractivity contribution in [1.29, 1.82) is 0 Å². The van der Waals surface area contributed by atoms with E-state index >= 15 is 0 Å². The Hall–Kier alpha value is -2.69. The molecule has 5 heteroatoms. The van der Waals surface area contributed by atoms with E-state index in [1.807, 2.05) is 6.07 Å². The summed E-state index contributed by atoms with van der Waals surface area (Å²) in [5, 5.41) is 2.80. The van der Waals surface area contributed by atoms with Crippen molar-refractivity contribution < 1.29 is 9.59 Å². The van der Waals surface area contributed by atoms with Crippen LogP contribution < -0.4 is 10.2 Å². The molecule has 1 aliphatic rings. The van der Waals surface area contributed by atoms with Crippen LogP contribution in [-0.2, 0) is 0 Å². The Kier molecular flexibility index (Phi) is 5.43. The van der Waals surface area contributed by atoms with E-state index in [0.29, 0.717) is 16.9 Å². The van der Waals surface area contributed by atoms with Gasteiger partial charge in [-0.2, -0.15) is 0 Å². The van der Waals surface area contributed by atoms with E-state index in [0.717, 1.165) is 18.8 Å². The highest BCUT2D eigenvalue weighted by Crippen LogP contribution is 2.19. The van der Waals surface area contributed by atoms with Gasteiger partial charge in [-0.05, 0) is 44.0 Å². The zero-order chi connectivity index (χ0) is 17.6. The third kappa shape index (κ3) is 4.44. The van der Waals surface area contributed by atoms with Crippen LogP contribution in [0.1, 0.15) is 53.5 Å². The van der Waals surface area contributed by atoms with E-state index in [4.69, 9.17) is 0 Å². The van der Waals surface area contributed by atoms with Crippen LogP contribution in [0.15, 0.2) is 42.6 Å². The molecule has 0 radical (unpaired) electrons. The van der Waals surface area contributed by atoms with Gasteiger partial charge in [0, 0.05) is 24.3 Å². The highest BCUT2D eigenvalue weighted by molar-refractivity contribution is 6.04. The second kappa shape index (κ2) is 7.92. The molecule has 1 fully saturated rings. The van der Waals surface area contributed by atoms with Crippen molar-refractivity contribution >= 4 is 23.1 Å². The predicted octanol–water partition coefficient (Wildman–Crippen LogP) is 3.92. The van der Waals surface area contributed by atoms with Gasteiger partial charge in [-0.3, -0.25) is 9.59 Å². The molecule has 1 amide bonds. The van der Waals surface area contributed by atoms with Crippen molar-refractivity contribution in [3.8, 4) is 0 Å². The summed E-state index contributed by atoms with van der Waals surface area (Å²) >= 11 is 0. The number of Topliss-reactive ketones (excluding diaryl/α,β-unsaturated/α-hetero) is 1. The molecule has 3 rings (SSSR count). The van der Waals surface area contributed by atoms with Crippen molar-refractivity contribution in [3.05, 3.63) is 53.9 Å². The lowest BCUT2D eigenvalue weighted by molar-refractivity contribution is 0.100. The minimum Gasteiger partial charge on any atom is -0.370 e. The Balaban J connectivity index is 1.68. The van der Waals surface area contributed by atoms with Gasteiger partial charge in [0.05, 0.1) is 11.9 Å². The number of rotatable bonds is 4. The second-order valence-corrected chi connectivity index (χ2v) is 6.39. The lowest BCUT2D eigenvalue weighted by Crippen LogP contribution is -2.24. The van der Waals surface area contributed by atoms with Crippen molar-refractivity contribution in [2.24, 2.45) is 0 Å². The molecule has 2 aromatic rings. The smallest absolute Gasteiger partial charge is 0.274 e. The molecule has 2 heterocycles. The summed E-state index contributed by atoms with van der Waals surface area (Å²) in [4.78, 5) is 30.5. The van der Waals surface area contributed by atoms with Gasteiger partial charge >= 0.3 is 0 Å². The first-order chi connectivity index (χ1) is 12.1. The fourth-order valence-electron chi connectivity index (χ4n) is 3.05. The van der Waals surface area contributed by atoms with Gasteiger partial charge in [0.25, 0.3) is 5.91 Å². The molecule has 1 saturated heterocycles. The molecule has 25 heavy (non-hydrogen) atoms. The summed E-state index contributed by atoms with van der Waals surface area (Å²) in [6, 6.07) is 10.6. The Morgan fingerprint density at radius 1 is 1.04 bits per heavy atom. The van der Waals surface area contributed by atoms with Crippen LogP contribution in [0.5, 0.6) is 0 Å². The van der Waals surface area contributed by atoms with Crippen molar-refractivity contribution in [1.82, 2.24) is 4.98 Å². The van der Waals surface area contributed by atoms with Crippen LogP contribution in [0.2, 0.25) is 0 Å². The van der Waals surface area contributed by atoms with Crippen LogP contribution in [0, 0.1) is 0 Å². The third-order valence-electron chi connectivity index (χ3n) is 4.48. The largest absolute Gasteiger partial charge is 0.370 e. The summed E-state index contributed by atoms with van der Waals surface area (Å²) in [6.07, 6.45) is 6.74. The van der Waals surface area contributed by atoms with Crippen LogP contribution in [0.25, 0.3) is 0 Å². The van der Waals surface area contributed by atoms with Gasteiger partial charge in [-0.25, -0.2) is 4.98 Å². The number of hydrogen-bond donors (Lipinski definition) is 1. The van der Waals surface area contributed by atoms with E-state index < -0.39 is 0 Å². The minimum atomic E-state index is -0.275. The van der Waals surface area contributed by atoms with Gasteiger partial charge in [0.2, 0.25) is 0 Å². The third-order valence-corrected chi connectivity index (χ3v) is 4.48. The van der Waals surface area contributed by atoms with E-state index in [2.05, 4.69) is 15.2 Å². The maximum Gasteiger partial charge on any atom is 0.274 e. The summed E-state index contributed by atoms with van der Waals surface area (Å²) in [7, 11) is 0. The molecule has 130 valence electrons. The van der Waals surface area contributed by atoms with E-state index in [-0.39, 0.29) is 11.7 Å². The molecule has 0 aliphatic carbocycles. The molecule has 1 aromatic heterocycles. The quantitative estimate of drug-likeness (QED) is 0.859. The summed E-state index contributed by atoms with van der Waals surface area (Å²) in [5.74, 6) is -0.306. The fourth-order valence-corrected chi connectivity index (χ4v) is 3.05. The number of benzene rings is 1. The fraction of sp³-hybridized carbons (Fsp3) is 0.350. The van der Waals surface area contributed by atoms with Gasteiger partial charge in [0.1, 0.15) is 5.69 Å². The Labute approximate surface area is 148 Å². The maximum atomic E-state index is 12.4. The molecule has 1 N–H and O–H groups in total. The van der Waals surface area contributed by atoms with E-state index in [9.17, 15) is 9.59 Å². The van der Waals surface area contributed by atoms with Gasteiger partial charge in [0.15, 0.2) is 5.78 Å². The average Bonchev–Trinajstić information content (AvgIpc) is 2.91. The monoisotopic (exact) mass is 337 g/mol. The summed E-state index contributed by atoms with van der Waals surface area (Å²) in [6.45, 7) is 3.60. The molecule has 0 unspecified atom stereocenters.